The first-order chi connectivity index (χ1) is 10.1. The Labute approximate surface area is 127 Å². The molecule has 0 amide bonds. The second kappa shape index (κ2) is 5.74. The molecule has 21 heavy (non-hydrogen) atoms. The molecule has 0 saturated heterocycles. The largest absolute Gasteiger partial charge is 0.316 e. The first-order valence-corrected chi connectivity index (χ1v) is 7.88. The van der Waals surface area contributed by atoms with E-state index in [-0.39, 0.29) is 0 Å². The molecule has 0 aliphatic carbocycles. The number of hydrogen-bond acceptors (Lipinski definition) is 3. The molecule has 1 aromatic heterocycles. The molecule has 1 aliphatic heterocycles. The smallest absolute Gasteiger partial charge is 0.0743 e. The van der Waals surface area contributed by atoms with E-state index in [9.17, 15) is 0 Å². The molecule has 0 bridgehead atoms. The Morgan fingerprint density at radius 3 is 2.86 bits per heavy atom. The van der Waals surface area contributed by atoms with Crippen molar-refractivity contribution in [2.75, 3.05) is 20.6 Å². The zero-order valence-corrected chi connectivity index (χ0v) is 13.5. The Balaban J connectivity index is 2.30. The average Bonchev–Trinajstić information content (AvgIpc) is 2.47. The minimum Gasteiger partial charge on any atom is -0.316 e. The maximum absolute atomic E-state index is 5.06. The van der Waals surface area contributed by atoms with E-state index in [0.717, 1.165) is 26.1 Å². The summed E-state index contributed by atoms with van der Waals surface area (Å²) in [5.74, 6) is 0.507. The SMILES string of the molecule is CNCc1c2c(nc3c(C(C)C)cccc13)CCN(C)C2. The van der Waals surface area contributed by atoms with Crippen LogP contribution >= 0.6 is 0 Å². The van der Waals surface area contributed by atoms with Gasteiger partial charge in [-0.1, -0.05) is 32.0 Å². The van der Waals surface area contributed by atoms with Gasteiger partial charge in [-0.05, 0) is 36.7 Å². The van der Waals surface area contributed by atoms with Crippen LogP contribution in [-0.4, -0.2) is 30.5 Å². The molecular formula is C18H25N3. The van der Waals surface area contributed by atoms with E-state index < -0.39 is 0 Å². The maximum Gasteiger partial charge on any atom is 0.0743 e. The molecular weight excluding hydrogens is 258 g/mol. The molecule has 112 valence electrons. The summed E-state index contributed by atoms with van der Waals surface area (Å²) in [6.45, 7) is 7.54. The molecule has 1 aromatic carbocycles. The van der Waals surface area contributed by atoms with Crippen LogP contribution in [0.5, 0.6) is 0 Å². The molecule has 3 heteroatoms. The minimum absolute atomic E-state index is 0.507. The number of benzene rings is 1. The predicted octanol–water partition coefficient (Wildman–Crippen LogP) is 3.07. The molecule has 0 fully saturated rings. The topological polar surface area (TPSA) is 28.2 Å². The van der Waals surface area contributed by atoms with Crippen LogP contribution in [0, 0.1) is 0 Å². The van der Waals surface area contributed by atoms with Gasteiger partial charge in [-0.25, -0.2) is 0 Å². The molecule has 0 radical (unpaired) electrons. The van der Waals surface area contributed by atoms with Gasteiger partial charge in [0.1, 0.15) is 0 Å². The van der Waals surface area contributed by atoms with Crippen LogP contribution < -0.4 is 5.32 Å². The lowest BCUT2D eigenvalue weighted by Gasteiger charge is -2.28. The lowest BCUT2D eigenvalue weighted by Crippen LogP contribution is -2.29. The number of para-hydroxylation sites is 1. The van der Waals surface area contributed by atoms with Crippen LogP contribution in [0.25, 0.3) is 10.9 Å². The highest BCUT2D eigenvalue weighted by molar-refractivity contribution is 5.87. The third-order valence-electron chi connectivity index (χ3n) is 4.49. The fraction of sp³-hybridized carbons (Fsp3) is 0.500. The molecule has 3 rings (SSSR count). The summed E-state index contributed by atoms with van der Waals surface area (Å²) in [5, 5.41) is 4.67. The summed E-state index contributed by atoms with van der Waals surface area (Å²) in [5.41, 5.74) is 6.75. The Kier molecular flexibility index (Phi) is 3.96. The van der Waals surface area contributed by atoms with Crippen molar-refractivity contribution in [1.82, 2.24) is 15.2 Å². The van der Waals surface area contributed by atoms with Gasteiger partial charge in [0.05, 0.1) is 5.52 Å². The highest BCUT2D eigenvalue weighted by Crippen LogP contribution is 2.31. The summed E-state index contributed by atoms with van der Waals surface area (Å²) in [6.07, 6.45) is 1.06. The van der Waals surface area contributed by atoms with Gasteiger partial charge in [0, 0.05) is 37.1 Å². The van der Waals surface area contributed by atoms with Crippen molar-refractivity contribution in [3.05, 3.63) is 40.6 Å². The number of fused-ring (bicyclic) bond motifs is 2. The third kappa shape index (κ3) is 2.56. The number of hydrogen-bond donors (Lipinski definition) is 1. The van der Waals surface area contributed by atoms with E-state index in [2.05, 4.69) is 49.3 Å². The Hall–Kier alpha value is -1.45. The number of aromatic nitrogens is 1. The quantitative estimate of drug-likeness (QED) is 0.938. The summed E-state index contributed by atoms with van der Waals surface area (Å²) >= 11 is 0. The Bertz CT molecular complexity index is 661. The number of pyridine rings is 1. The van der Waals surface area contributed by atoms with Gasteiger partial charge in [-0.3, -0.25) is 4.98 Å². The van der Waals surface area contributed by atoms with Gasteiger partial charge >= 0.3 is 0 Å². The first-order valence-electron chi connectivity index (χ1n) is 7.88. The number of rotatable bonds is 3. The molecule has 1 aliphatic rings. The van der Waals surface area contributed by atoms with Crippen LogP contribution in [0.3, 0.4) is 0 Å². The van der Waals surface area contributed by atoms with Gasteiger partial charge < -0.3 is 10.2 Å². The highest BCUT2D eigenvalue weighted by Gasteiger charge is 2.21. The van der Waals surface area contributed by atoms with Gasteiger partial charge in [0.25, 0.3) is 0 Å². The van der Waals surface area contributed by atoms with E-state index in [1.54, 1.807) is 0 Å². The van der Waals surface area contributed by atoms with Crippen molar-refractivity contribution < 1.29 is 0 Å². The lowest BCUT2D eigenvalue weighted by atomic mass is 9.92. The van der Waals surface area contributed by atoms with Crippen LogP contribution in [0.4, 0.5) is 0 Å². The number of nitrogens with one attached hydrogen (secondary N) is 1. The van der Waals surface area contributed by atoms with E-state index in [4.69, 9.17) is 4.98 Å². The van der Waals surface area contributed by atoms with E-state index >= 15 is 0 Å². The van der Waals surface area contributed by atoms with E-state index in [1.165, 1.54) is 33.3 Å². The standard InChI is InChI=1S/C18H25N3/c1-12(2)13-6-5-7-14-15(10-19-3)16-11-21(4)9-8-17(16)20-18(13)14/h5-7,12,19H,8-11H2,1-4H3. The van der Waals surface area contributed by atoms with Crippen molar-refractivity contribution in [3.8, 4) is 0 Å². The van der Waals surface area contributed by atoms with Crippen LogP contribution in [0.2, 0.25) is 0 Å². The Morgan fingerprint density at radius 1 is 1.33 bits per heavy atom. The van der Waals surface area contributed by atoms with Gasteiger partial charge in [0.2, 0.25) is 0 Å². The molecule has 2 aromatic rings. The van der Waals surface area contributed by atoms with Gasteiger partial charge in [-0.2, -0.15) is 0 Å². The lowest BCUT2D eigenvalue weighted by molar-refractivity contribution is 0.309. The Morgan fingerprint density at radius 2 is 2.14 bits per heavy atom. The average molecular weight is 283 g/mol. The van der Waals surface area contributed by atoms with Gasteiger partial charge in [0.15, 0.2) is 0 Å². The molecule has 1 N–H and O–H groups in total. The zero-order chi connectivity index (χ0) is 15.0. The van der Waals surface area contributed by atoms with E-state index in [0.29, 0.717) is 5.92 Å². The minimum atomic E-state index is 0.507. The van der Waals surface area contributed by atoms with Crippen molar-refractivity contribution in [2.45, 2.75) is 39.3 Å². The molecule has 0 atom stereocenters. The summed E-state index contributed by atoms with van der Waals surface area (Å²) in [7, 11) is 4.22. The van der Waals surface area contributed by atoms with Crippen LogP contribution in [0.1, 0.15) is 42.1 Å². The molecule has 2 heterocycles. The maximum atomic E-state index is 5.06. The second-order valence-electron chi connectivity index (χ2n) is 6.43. The predicted molar refractivity (Wildman–Crippen MR) is 88.6 cm³/mol. The summed E-state index contributed by atoms with van der Waals surface area (Å²) in [6, 6.07) is 6.64. The number of likely N-dealkylation sites (N-methyl/N-ethyl adjacent to an activating group) is 1. The second-order valence-corrected chi connectivity index (χ2v) is 6.43. The first kappa shape index (κ1) is 14.5. The summed E-state index contributed by atoms with van der Waals surface area (Å²) in [4.78, 5) is 7.45. The van der Waals surface area contributed by atoms with Crippen molar-refractivity contribution >= 4 is 10.9 Å². The molecule has 3 nitrogen and oxygen atoms in total. The third-order valence-corrected chi connectivity index (χ3v) is 4.49. The van der Waals surface area contributed by atoms with E-state index in [1.807, 2.05) is 7.05 Å². The van der Waals surface area contributed by atoms with Crippen molar-refractivity contribution in [1.29, 1.82) is 0 Å². The van der Waals surface area contributed by atoms with Crippen molar-refractivity contribution in [2.24, 2.45) is 0 Å². The fourth-order valence-corrected chi connectivity index (χ4v) is 3.35. The van der Waals surface area contributed by atoms with Crippen LogP contribution in [0.15, 0.2) is 18.2 Å². The monoisotopic (exact) mass is 283 g/mol. The normalized spacial score (nSPS) is 15.7. The fourth-order valence-electron chi connectivity index (χ4n) is 3.35. The molecule has 0 unspecified atom stereocenters. The van der Waals surface area contributed by atoms with Gasteiger partial charge in [-0.15, -0.1) is 0 Å². The number of nitrogens with zero attached hydrogens (tertiary/aromatic N) is 2. The summed E-state index contributed by atoms with van der Waals surface area (Å²) < 4.78 is 0. The molecule has 0 saturated carbocycles. The van der Waals surface area contributed by atoms with Crippen molar-refractivity contribution in [3.63, 3.8) is 0 Å². The molecule has 0 spiro atoms. The zero-order valence-electron chi connectivity index (χ0n) is 13.5. The highest BCUT2D eigenvalue weighted by atomic mass is 15.1. The van der Waals surface area contributed by atoms with Crippen LogP contribution in [-0.2, 0) is 19.5 Å².